The Kier molecular flexibility index (Phi) is 9.59. The van der Waals surface area contributed by atoms with E-state index in [1.165, 1.54) is 0 Å². The van der Waals surface area contributed by atoms with E-state index < -0.39 is 5.50 Å². The molecule has 1 amide bonds. The average molecular weight is 828 g/mol. The molecule has 9 rings (SSSR count). The van der Waals surface area contributed by atoms with E-state index in [0.717, 1.165) is 83.0 Å². The molecule has 8 aromatic rings. The van der Waals surface area contributed by atoms with E-state index >= 15 is 4.79 Å². The molecule has 14 heteroatoms. The van der Waals surface area contributed by atoms with Gasteiger partial charge in [0.1, 0.15) is 23.3 Å². The molecule has 0 fully saturated rings. The second-order valence-corrected chi connectivity index (χ2v) is 16.4. The first-order chi connectivity index (χ1) is 28.3. The van der Waals surface area contributed by atoms with Crippen LogP contribution in [0, 0.1) is 34.6 Å². The Hall–Kier alpha value is -5.98. The Morgan fingerprint density at radius 2 is 1.69 bits per heavy atom. The van der Waals surface area contributed by atoms with Crippen LogP contribution in [0.15, 0.2) is 73.3 Å². The van der Waals surface area contributed by atoms with Gasteiger partial charge in [0.15, 0.2) is 5.82 Å². The molecule has 0 saturated heterocycles. The van der Waals surface area contributed by atoms with Gasteiger partial charge in [-0.15, -0.1) is 5.10 Å². The molecule has 6 heterocycles. The van der Waals surface area contributed by atoms with Gasteiger partial charge in [-0.05, 0) is 107 Å². The van der Waals surface area contributed by atoms with Crippen LogP contribution in [-0.4, -0.2) is 61.7 Å². The van der Waals surface area contributed by atoms with E-state index in [4.69, 9.17) is 38.1 Å². The fourth-order valence-electron chi connectivity index (χ4n) is 8.66. The highest BCUT2D eigenvalue weighted by molar-refractivity contribution is 6.32. The normalized spacial score (nSPS) is 15.5. The summed E-state index contributed by atoms with van der Waals surface area (Å²) >= 11 is 14.0. The van der Waals surface area contributed by atoms with Crippen molar-refractivity contribution in [2.24, 2.45) is 14.1 Å². The average Bonchev–Trinajstić information content (AvgIpc) is 3.97. The molecule has 1 unspecified atom stereocenters. The minimum atomic E-state index is -0.715. The predicted molar refractivity (Wildman–Crippen MR) is 233 cm³/mol. The Morgan fingerprint density at radius 3 is 2.42 bits per heavy atom. The highest BCUT2D eigenvalue weighted by Gasteiger charge is 2.42. The summed E-state index contributed by atoms with van der Waals surface area (Å²) in [4.78, 5) is 30.6. The minimum absolute atomic E-state index is 0.165. The Labute approximate surface area is 352 Å². The van der Waals surface area contributed by atoms with Crippen molar-refractivity contribution in [3.05, 3.63) is 118 Å². The number of hydrogen-bond acceptors (Lipinski definition) is 7. The highest BCUT2D eigenvalue weighted by atomic mass is 35.5. The van der Waals surface area contributed by atoms with E-state index in [2.05, 4.69) is 51.6 Å². The van der Waals surface area contributed by atoms with Crippen LogP contribution in [0.2, 0.25) is 5.02 Å². The lowest BCUT2D eigenvalue weighted by Crippen LogP contribution is -2.47. The summed E-state index contributed by atoms with van der Waals surface area (Å²) < 4.78 is 14.0. The molecule has 3 aromatic carbocycles. The number of rotatable bonds is 9. The van der Waals surface area contributed by atoms with Crippen molar-refractivity contribution in [1.29, 1.82) is 0 Å². The number of aromatic nitrogens is 9. The van der Waals surface area contributed by atoms with Gasteiger partial charge in [-0.2, -0.15) is 9.78 Å². The van der Waals surface area contributed by atoms with Crippen molar-refractivity contribution >= 4 is 56.6 Å². The summed E-state index contributed by atoms with van der Waals surface area (Å²) in [5.74, 6) is 1.56. The van der Waals surface area contributed by atoms with Crippen LogP contribution in [0.4, 0.5) is 5.69 Å². The molecule has 1 aliphatic rings. The first-order valence-electron chi connectivity index (χ1n) is 19.7. The van der Waals surface area contributed by atoms with Crippen molar-refractivity contribution in [1.82, 2.24) is 43.6 Å². The largest absolute Gasteiger partial charge is 0.494 e. The number of alkyl halides is 1. The van der Waals surface area contributed by atoms with Gasteiger partial charge in [0.2, 0.25) is 0 Å². The SMILES string of the molecule is Cc1ccnc(-n2cnc(-c3ccc4c(c3)c(N3C(=O)c5c(CCCOc6cc(C)c(Cl)c(C)c6)c6cccc(-c7c(C)nn(C)c7C)c6n5C(C)[C@H]3Cl)cn4C)n2)n1. The maximum absolute atomic E-state index is 15.4. The molecule has 2 atom stereocenters. The van der Waals surface area contributed by atoms with Gasteiger partial charge in [0.25, 0.3) is 11.9 Å². The summed E-state index contributed by atoms with van der Waals surface area (Å²) in [5, 5.41) is 12.1. The van der Waals surface area contributed by atoms with Crippen LogP contribution in [0.5, 0.6) is 5.75 Å². The lowest BCUT2D eigenvalue weighted by atomic mass is 9.98. The molecule has 59 heavy (non-hydrogen) atoms. The van der Waals surface area contributed by atoms with Gasteiger partial charge in [0.05, 0.1) is 29.5 Å². The number of ether oxygens (including phenoxy) is 1. The molecule has 0 aliphatic carbocycles. The van der Waals surface area contributed by atoms with Gasteiger partial charge in [0, 0.05) is 75.9 Å². The van der Waals surface area contributed by atoms with E-state index in [-0.39, 0.29) is 11.9 Å². The van der Waals surface area contributed by atoms with Crippen molar-refractivity contribution < 1.29 is 9.53 Å². The zero-order valence-electron chi connectivity index (χ0n) is 34.2. The fraction of sp³-hybridized carbons (Fsp3) is 0.289. The maximum Gasteiger partial charge on any atom is 0.276 e. The van der Waals surface area contributed by atoms with Crippen molar-refractivity contribution in [2.45, 2.75) is 65.9 Å². The van der Waals surface area contributed by atoms with Gasteiger partial charge in [-0.25, -0.2) is 15.0 Å². The zero-order valence-corrected chi connectivity index (χ0v) is 35.8. The summed E-state index contributed by atoms with van der Waals surface area (Å²) in [7, 11) is 3.94. The minimum Gasteiger partial charge on any atom is -0.494 e. The molecule has 5 aromatic heterocycles. The standard InChI is InChI=1S/C45H44Cl2N10O2/c1-24-19-31(20-25(2)39(24)46)59-18-10-13-33-32-11-9-12-34(38-27(4)51-54(8)28(38)5)40(32)56-29(6)42(47)57(44(58)41(33)56)37-22-53(7)36-15-14-30(21-35(36)37)43-49-23-55(52-43)45-48-17-16-26(3)50-45/h9,11-12,14-17,19-23,29,42H,10,13,18H2,1-8H3/t29?,42-/m0/s1. The van der Waals surface area contributed by atoms with Gasteiger partial charge in [-0.1, -0.05) is 41.4 Å². The third kappa shape index (κ3) is 6.36. The lowest BCUT2D eigenvalue weighted by molar-refractivity contribution is 0.0951. The van der Waals surface area contributed by atoms with Crippen LogP contribution < -0.4 is 9.64 Å². The van der Waals surface area contributed by atoms with Crippen LogP contribution in [0.3, 0.4) is 0 Å². The molecule has 0 radical (unpaired) electrons. The number of aryl methyl sites for hydroxylation is 7. The molecule has 0 saturated carbocycles. The Morgan fingerprint density at radius 1 is 0.915 bits per heavy atom. The van der Waals surface area contributed by atoms with Crippen molar-refractivity contribution in [2.75, 3.05) is 11.5 Å². The third-order valence-corrected chi connectivity index (χ3v) is 12.8. The maximum atomic E-state index is 15.4. The molecule has 0 spiro atoms. The number of nitrogens with zero attached hydrogens (tertiary/aromatic N) is 10. The highest BCUT2D eigenvalue weighted by Crippen LogP contribution is 2.46. The molecule has 12 nitrogen and oxygen atoms in total. The summed E-state index contributed by atoms with van der Waals surface area (Å²) in [6.45, 7) is 12.5. The van der Waals surface area contributed by atoms with Crippen LogP contribution >= 0.6 is 23.2 Å². The lowest BCUT2D eigenvalue weighted by Gasteiger charge is -2.38. The quantitative estimate of drug-likeness (QED) is 0.0809. The zero-order chi connectivity index (χ0) is 41.4. The van der Waals surface area contributed by atoms with Crippen molar-refractivity contribution in [3.8, 4) is 34.2 Å². The number of para-hydroxylation sites is 1. The molecular formula is C45H44Cl2N10O2. The number of carbonyl (C=O) groups is 1. The number of fused-ring (bicyclic) bond motifs is 4. The van der Waals surface area contributed by atoms with Crippen LogP contribution in [0.1, 0.15) is 63.6 Å². The summed E-state index contributed by atoms with van der Waals surface area (Å²) in [6.07, 6.45) is 6.58. The van der Waals surface area contributed by atoms with Gasteiger partial charge in [-0.3, -0.25) is 14.4 Å². The first kappa shape index (κ1) is 38.5. The first-order valence-corrected chi connectivity index (χ1v) is 20.5. The number of carbonyl (C=O) groups excluding carboxylic acids is 1. The summed E-state index contributed by atoms with van der Waals surface area (Å²) in [6, 6.07) is 17.8. The number of benzene rings is 3. The second kappa shape index (κ2) is 14.7. The van der Waals surface area contributed by atoms with Crippen molar-refractivity contribution in [3.63, 3.8) is 0 Å². The van der Waals surface area contributed by atoms with Gasteiger partial charge < -0.3 is 13.9 Å². The Balaban J connectivity index is 1.15. The third-order valence-electron chi connectivity index (χ3n) is 11.6. The van der Waals surface area contributed by atoms with Crippen LogP contribution in [0.25, 0.3) is 50.3 Å². The molecule has 0 bridgehead atoms. The van der Waals surface area contributed by atoms with Gasteiger partial charge >= 0.3 is 0 Å². The van der Waals surface area contributed by atoms with E-state index in [1.807, 2.05) is 93.6 Å². The fourth-order valence-corrected chi connectivity index (χ4v) is 9.08. The molecular weight excluding hydrogens is 783 g/mol. The number of halogens is 2. The smallest absolute Gasteiger partial charge is 0.276 e. The summed E-state index contributed by atoms with van der Waals surface area (Å²) in [5.41, 5.74) is 11.1. The van der Waals surface area contributed by atoms with Crippen LogP contribution in [-0.2, 0) is 20.5 Å². The van der Waals surface area contributed by atoms with E-state index in [9.17, 15) is 0 Å². The predicted octanol–water partition coefficient (Wildman–Crippen LogP) is 9.56. The Bertz CT molecular complexity index is 2950. The monoisotopic (exact) mass is 826 g/mol. The molecule has 1 aliphatic heterocycles. The molecule has 0 N–H and O–H groups in total. The number of hydrogen-bond donors (Lipinski definition) is 0. The van der Waals surface area contributed by atoms with E-state index in [0.29, 0.717) is 42.6 Å². The number of anilines is 1. The number of amides is 1. The topological polar surface area (TPSA) is 114 Å². The second-order valence-electron chi connectivity index (χ2n) is 15.5. The van der Waals surface area contributed by atoms with E-state index in [1.54, 1.807) is 22.1 Å². The molecule has 300 valence electrons.